The maximum absolute atomic E-state index is 6.21. The van der Waals surface area contributed by atoms with Gasteiger partial charge in [0.2, 0.25) is 0 Å². The Morgan fingerprint density at radius 1 is 1.15 bits per heavy atom. The molecule has 4 heterocycles. The second kappa shape index (κ2) is 6.64. The second-order valence-electron chi connectivity index (χ2n) is 7.78. The molecule has 1 aromatic heterocycles. The molecule has 0 unspecified atom stereocenters. The molecule has 4 nitrogen and oxygen atoms in total. The van der Waals surface area contributed by atoms with Crippen molar-refractivity contribution in [3.8, 4) is 0 Å². The highest BCUT2D eigenvalue weighted by Crippen LogP contribution is 2.45. The van der Waals surface area contributed by atoms with Crippen molar-refractivity contribution in [1.29, 1.82) is 0 Å². The number of hydrogen-bond donors (Lipinski definition) is 0. The fraction of sp³-hybridized carbons (Fsp3) is 0.381. The van der Waals surface area contributed by atoms with E-state index in [0.717, 1.165) is 61.6 Å². The smallest absolute Gasteiger partial charge is 0.128 e. The minimum Gasteiger partial charge on any atom is -0.357 e. The zero-order valence-electron chi connectivity index (χ0n) is 15.3. The third kappa shape index (κ3) is 3.07. The molecular weight excluding hydrogens is 376 g/mol. The van der Waals surface area contributed by atoms with E-state index in [2.05, 4.69) is 50.5 Å². The summed E-state index contributed by atoms with van der Waals surface area (Å²) in [7, 11) is 0. The van der Waals surface area contributed by atoms with Gasteiger partial charge in [0.05, 0.1) is 5.69 Å². The van der Waals surface area contributed by atoms with Crippen LogP contribution in [0.2, 0.25) is 5.02 Å². The monoisotopic (exact) mass is 398 g/mol. The van der Waals surface area contributed by atoms with Crippen molar-refractivity contribution in [2.45, 2.75) is 11.3 Å². The first-order chi connectivity index (χ1) is 13.1. The Hall–Kier alpha value is -1.85. The van der Waals surface area contributed by atoms with Crippen molar-refractivity contribution < 1.29 is 0 Å². The Morgan fingerprint density at radius 2 is 2.00 bits per heavy atom. The number of benzene rings is 1. The zero-order valence-corrected chi connectivity index (χ0v) is 16.8. The maximum Gasteiger partial charge on any atom is 0.128 e. The first-order valence-electron chi connectivity index (χ1n) is 9.43. The molecule has 3 aliphatic rings. The van der Waals surface area contributed by atoms with Crippen molar-refractivity contribution in [3.05, 3.63) is 60.0 Å². The highest BCUT2D eigenvalue weighted by Gasteiger charge is 2.53. The molecule has 27 heavy (non-hydrogen) atoms. The largest absolute Gasteiger partial charge is 0.357 e. The molecule has 1 aromatic carbocycles. The number of anilines is 2. The van der Waals surface area contributed by atoms with Gasteiger partial charge in [0, 0.05) is 54.3 Å². The van der Waals surface area contributed by atoms with E-state index in [0.29, 0.717) is 5.41 Å². The summed E-state index contributed by atoms with van der Waals surface area (Å²) in [4.78, 5) is 12.9. The summed E-state index contributed by atoms with van der Waals surface area (Å²) in [6.07, 6.45) is 3.03. The van der Waals surface area contributed by atoms with Gasteiger partial charge < -0.3 is 14.7 Å². The lowest BCUT2D eigenvalue weighted by molar-refractivity contribution is 0.00155. The third-order valence-electron chi connectivity index (χ3n) is 5.75. The molecule has 0 atom stereocenters. The van der Waals surface area contributed by atoms with Gasteiger partial charge in [-0.2, -0.15) is 0 Å². The van der Waals surface area contributed by atoms with Crippen LogP contribution in [0.5, 0.6) is 0 Å². The van der Waals surface area contributed by atoms with Gasteiger partial charge >= 0.3 is 0 Å². The minimum absolute atomic E-state index is 0.407. The standard InChI is InChI=1S/C21H23ClN4S/c1-16(26-9-4-10-27-19-11-17(22)6-7-18(19)26)24-12-21(13-24)14-25(15-21)20-5-2-3-8-23-20/h2-3,5-8,11H,1,4,9-10,12-15H2. The average Bonchev–Trinajstić information content (AvgIpc) is 2.82. The number of thioether (sulfide) groups is 1. The Kier molecular flexibility index (Phi) is 4.25. The van der Waals surface area contributed by atoms with E-state index in [1.54, 1.807) is 0 Å². The average molecular weight is 399 g/mol. The van der Waals surface area contributed by atoms with Crippen molar-refractivity contribution in [1.82, 2.24) is 9.88 Å². The summed E-state index contributed by atoms with van der Waals surface area (Å²) in [5.41, 5.74) is 1.65. The molecule has 3 aliphatic heterocycles. The van der Waals surface area contributed by atoms with Crippen molar-refractivity contribution >= 4 is 34.9 Å². The van der Waals surface area contributed by atoms with Gasteiger partial charge in [-0.05, 0) is 42.5 Å². The Bertz CT molecular complexity index is 858. The maximum atomic E-state index is 6.21. The molecule has 0 bridgehead atoms. The lowest BCUT2D eigenvalue weighted by Gasteiger charge is -2.62. The lowest BCUT2D eigenvalue weighted by atomic mass is 9.73. The van der Waals surface area contributed by atoms with Gasteiger partial charge in [-0.3, -0.25) is 0 Å². The summed E-state index contributed by atoms with van der Waals surface area (Å²) < 4.78 is 0. The molecule has 2 fully saturated rings. The summed E-state index contributed by atoms with van der Waals surface area (Å²) in [6.45, 7) is 9.82. The molecule has 140 valence electrons. The summed E-state index contributed by atoms with van der Waals surface area (Å²) in [6, 6.07) is 12.3. The molecule has 0 saturated carbocycles. The Morgan fingerprint density at radius 3 is 2.78 bits per heavy atom. The quantitative estimate of drug-likeness (QED) is 0.765. The molecule has 0 radical (unpaired) electrons. The van der Waals surface area contributed by atoms with Gasteiger partial charge in [0.25, 0.3) is 0 Å². The van der Waals surface area contributed by atoms with Crippen LogP contribution >= 0.6 is 23.4 Å². The predicted octanol–water partition coefficient (Wildman–Crippen LogP) is 4.33. The number of nitrogens with zero attached hydrogens (tertiary/aromatic N) is 4. The predicted molar refractivity (Wildman–Crippen MR) is 114 cm³/mol. The fourth-order valence-corrected chi connectivity index (χ4v) is 5.67. The van der Waals surface area contributed by atoms with Crippen LogP contribution in [0.15, 0.2) is 59.9 Å². The zero-order chi connectivity index (χ0) is 18.4. The molecule has 2 saturated heterocycles. The number of pyridine rings is 1. The highest BCUT2D eigenvalue weighted by molar-refractivity contribution is 7.99. The first kappa shape index (κ1) is 17.3. The van der Waals surface area contributed by atoms with Gasteiger partial charge in [-0.25, -0.2) is 4.98 Å². The number of halogens is 1. The van der Waals surface area contributed by atoms with E-state index in [4.69, 9.17) is 11.6 Å². The number of aromatic nitrogens is 1. The van der Waals surface area contributed by atoms with Gasteiger partial charge in [-0.15, -0.1) is 11.8 Å². The molecule has 6 heteroatoms. The number of rotatable bonds is 3. The molecule has 2 aromatic rings. The Labute approximate surface area is 169 Å². The van der Waals surface area contributed by atoms with Crippen LogP contribution in [-0.4, -0.2) is 48.4 Å². The first-order valence-corrected chi connectivity index (χ1v) is 10.8. The minimum atomic E-state index is 0.407. The van der Waals surface area contributed by atoms with E-state index < -0.39 is 0 Å². The van der Waals surface area contributed by atoms with Crippen molar-refractivity contribution in [3.63, 3.8) is 0 Å². The second-order valence-corrected chi connectivity index (χ2v) is 9.36. The number of fused-ring (bicyclic) bond motifs is 1. The van der Waals surface area contributed by atoms with Crippen LogP contribution in [-0.2, 0) is 0 Å². The van der Waals surface area contributed by atoms with E-state index in [1.165, 1.54) is 10.6 Å². The van der Waals surface area contributed by atoms with Crippen LogP contribution in [0.3, 0.4) is 0 Å². The third-order valence-corrected chi connectivity index (χ3v) is 7.12. The van der Waals surface area contributed by atoms with E-state index >= 15 is 0 Å². The Balaban J connectivity index is 1.25. The van der Waals surface area contributed by atoms with Crippen LogP contribution < -0.4 is 9.80 Å². The molecule has 0 amide bonds. The van der Waals surface area contributed by atoms with Crippen molar-refractivity contribution in [2.75, 3.05) is 48.3 Å². The van der Waals surface area contributed by atoms with Gasteiger partial charge in [-0.1, -0.05) is 24.2 Å². The highest BCUT2D eigenvalue weighted by atomic mass is 35.5. The van der Waals surface area contributed by atoms with Gasteiger partial charge in [0.1, 0.15) is 11.6 Å². The SMILES string of the molecule is C=C(N1CC2(C1)CN(c1ccccn1)C2)N1CCCSc2cc(Cl)ccc21. The molecule has 0 aliphatic carbocycles. The van der Waals surface area contributed by atoms with Crippen LogP contribution in [0.4, 0.5) is 11.5 Å². The van der Waals surface area contributed by atoms with Crippen LogP contribution in [0.1, 0.15) is 6.42 Å². The number of hydrogen-bond acceptors (Lipinski definition) is 5. The molecule has 1 spiro atoms. The summed E-state index contributed by atoms with van der Waals surface area (Å²) >= 11 is 8.11. The topological polar surface area (TPSA) is 22.6 Å². The van der Waals surface area contributed by atoms with E-state index in [9.17, 15) is 0 Å². The lowest BCUT2D eigenvalue weighted by Crippen LogP contribution is -2.72. The summed E-state index contributed by atoms with van der Waals surface area (Å²) in [5, 5.41) is 0.806. The van der Waals surface area contributed by atoms with E-state index in [-0.39, 0.29) is 0 Å². The van der Waals surface area contributed by atoms with Gasteiger partial charge in [0.15, 0.2) is 0 Å². The fourth-order valence-electron chi connectivity index (χ4n) is 4.40. The van der Waals surface area contributed by atoms with Crippen LogP contribution in [0, 0.1) is 5.41 Å². The molecular formula is C21H23ClN4S. The molecule has 0 N–H and O–H groups in total. The molecule has 5 rings (SSSR count). The summed E-state index contributed by atoms with van der Waals surface area (Å²) in [5.74, 6) is 3.35. The normalized spacial score (nSPS) is 20.6. The van der Waals surface area contributed by atoms with Crippen molar-refractivity contribution in [2.24, 2.45) is 5.41 Å². The van der Waals surface area contributed by atoms with E-state index in [1.807, 2.05) is 30.1 Å². The van der Waals surface area contributed by atoms with Crippen LogP contribution in [0.25, 0.3) is 0 Å². The number of likely N-dealkylation sites (tertiary alicyclic amines) is 1.